The Morgan fingerprint density at radius 1 is 0.906 bits per heavy atom. The molecule has 0 saturated heterocycles. The van der Waals surface area contributed by atoms with Crippen LogP contribution >= 0.6 is 23.4 Å². The zero-order valence-electron chi connectivity index (χ0n) is 17.8. The third kappa shape index (κ3) is 4.38. The number of benzene rings is 3. The Labute approximate surface area is 196 Å². The monoisotopic (exact) mass is 464 g/mol. The van der Waals surface area contributed by atoms with Crippen LogP contribution in [0.1, 0.15) is 11.1 Å². The summed E-state index contributed by atoms with van der Waals surface area (Å²) in [4.78, 5) is 29.3. The highest BCUT2D eigenvalue weighted by molar-refractivity contribution is 8.04. The largest absolute Gasteiger partial charge is 0.497 e. The number of anilines is 2. The number of nitrogens with one attached hydrogen (secondary N) is 1. The molecule has 32 heavy (non-hydrogen) atoms. The molecule has 0 saturated carbocycles. The van der Waals surface area contributed by atoms with Crippen molar-refractivity contribution in [3.05, 3.63) is 93.5 Å². The average Bonchev–Trinajstić information content (AvgIpc) is 3.00. The number of imide groups is 1. The first-order valence-corrected chi connectivity index (χ1v) is 11.1. The average molecular weight is 465 g/mol. The number of amides is 2. The molecule has 1 aliphatic rings. The number of nitrogens with zero attached hydrogens (tertiary/aromatic N) is 1. The van der Waals surface area contributed by atoms with Crippen LogP contribution in [-0.2, 0) is 9.59 Å². The van der Waals surface area contributed by atoms with Gasteiger partial charge in [0.15, 0.2) is 0 Å². The third-order valence-corrected chi connectivity index (χ3v) is 6.37. The van der Waals surface area contributed by atoms with E-state index >= 15 is 0 Å². The SMILES string of the molecule is COc1ccc(NC2=C(Sc3ccc(Cl)cc3)C(=O)N(c3ccc(C)cc3C)C2=O)cc1. The summed E-state index contributed by atoms with van der Waals surface area (Å²) in [5.74, 6) is -0.0572. The zero-order valence-corrected chi connectivity index (χ0v) is 19.4. The van der Waals surface area contributed by atoms with Crippen LogP contribution in [0.4, 0.5) is 11.4 Å². The molecular weight excluding hydrogens is 444 g/mol. The molecule has 0 fully saturated rings. The van der Waals surface area contributed by atoms with Crippen molar-refractivity contribution in [2.24, 2.45) is 0 Å². The highest BCUT2D eigenvalue weighted by Gasteiger charge is 2.40. The first kappa shape index (κ1) is 22.0. The molecule has 0 unspecified atom stereocenters. The van der Waals surface area contributed by atoms with E-state index in [1.54, 1.807) is 49.6 Å². The number of rotatable bonds is 6. The molecule has 0 aliphatic carbocycles. The number of thioether (sulfide) groups is 1. The van der Waals surface area contributed by atoms with E-state index in [2.05, 4.69) is 5.32 Å². The highest BCUT2D eigenvalue weighted by Crippen LogP contribution is 2.39. The van der Waals surface area contributed by atoms with Gasteiger partial charge in [-0.2, -0.15) is 0 Å². The predicted molar refractivity (Wildman–Crippen MR) is 129 cm³/mol. The van der Waals surface area contributed by atoms with Gasteiger partial charge in [-0.15, -0.1) is 0 Å². The Kier molecular flexibility index (Phi) is 6.26. The van der Waals surface area contributed by atoms with Gasteiger partial charge in [-0.3, -0.25) is 9.59 Å². The Morgan fingerprint density at radius 2 is 1.59 bits per heavy atom. The van der Waals surface area contributed by atoms with Gasteiger partial charge in [-0.1, -0.05) is 41.1 Å². The molecule has 0 radical (unpaired) electrons. The van der Waals surface area contributed by atoms with Gasteiger partial charge in [0.05, 0.1) is 12.8 Å². The number of aryl methyl sites for hydroxylation is 2. The second kappa shape index (κ2) is 9.10. The molecule has 3 aromatic rings. The first-order chi connectivity index (χ1) is 15.4. The van der Waals surface area contributed by atoms with Crippen molar-refractivity contribution in [1.82, 2.24) is 0 Å². The molecule has 0 spiro atoms. The van der Waals surface area contributed by atoms with E-state index in [4.69, 9.17) is 16.3 Å². The van der Waals surface area contributed by atoms with Crippen molar-refractivity contribution in [3.63, 3.8) is 0 Å². The Balaban J connectivity index is 1.74. The van der Waals surface area contributed by atoms with Gasteiger partial charge in [0.1, 0.15) is 16.4 Å². The van der Waals surface area contributed by atoms with Crippen molar-refractivity contribution in [2.75, 3.05) is 17.3 Å². The lowest BCUT2D eigenvalue weighted by molar-refractivity contribution is -0.120. The van der Waals surface area contributed by atoms with Gasteiger partial charge in [-0.25, -0.2) is 4.90 Å². The van der Waals surface area contributed by atoms with E-state index in [0.717, 1.165) is 16.0 Å². The summed E-state index contributed by atoms with van der Waals surface area (Å²) in [5, 5.41) is 3.75. The van der Waals surface area contributed by atoms with E-state index < -0.39 is 5.91 Å². The maximum absolute atomic E-state index is 13.5. The molecule has 1 aliphatic heterocycles. The summed E-state index contributed by atoms with van der Waals surface area (Å²) in [6.07, 6.45) is 0. The lowest BCUT2D eigenvalue weighted by Gasteiger charge is -2.18. The van der Waals surface area contributed by atoms with Gasteiger partial charge >= 0.3 is 0 Å². The number of ether oxygens (including phenoxy) is 1. The number of carbonyl (C=O) groups excluding carboxylic acids is 2. The number of methoxy groups -OCH3 is 1. The molecule has 0 bridgehead atoms. The molecule has 2 amide bonds. The number of halogens is 1. The summed E-state index contributed by atoms with van der Waals surface area (Å²) in [6.45, 7) is 3.87. The van der Waals surface area contributed by atoms with Gasteiger partial charge < -0.3 is 10.1 Å². The van der Waals surface area contributed by atoms with Crippen LogP contribution in [0, 0.1) is 13.8 Å². The fourth-order valence-corrected chi connectivity index (χ4v) is 4.48. The maximum Gasteiger partial charge on any atom is 0.283 e. The molecule has 1 N–H and O–H groups in total. The normalized spacial score (nSPS) is 13.7. The Hall–Kier alpha value is -3.22. The topological polar surface area (TPSA) is 58.6 Å². The van der Waals surface area contributed by atoms with Crippen molar-refractivity contribution >= 4 is 46.6 Å². The van der Waals surface area contributed by atoms with Crippen molar-refractivity contribution in [2.45, 2.75) is 18.7 Å². The summed E-state index contributed by atoms with van der Waals surface area (Å²) in [5.41, 5.74) is 3.41. The quantitative estimate of drug-likeness (QED) is 0.456. The van der Waals surface area contributed by atoms with Crippen LogP contribution in [0.25, 0.3) is 0 Å². The summed E-state index contributed by atoms with van der Waals surface area (Å²) in [7, 11) is 1.59. The fraction of sp³-hybridized carbons (Fsp3) is 0.120. The van der Waals surface area contributed by atoms with Crippen LogP contribution in [0.15, 0.2) is 82.2 Å². The Bertz CT molecular complexity index is 1220. The Morgan fingerprint density at radius 3 is 2.22 bits per heavy atom. The van der Waals surface area contributed by atoms with Crippen LogP contribution in [0.5, 0.6) is 5.75 Å². The van der Waals surface area contributed by atoms with Crippen LogP contribution in [0.3, 0.4) is 0 Å². The van der Waals surface area contributed by atoms with E-state index in [0.29, 0.717) is 27.1 Å². The molecule has 4 rings (SSSR count). The van der Waals surface area contributed by atoms with Crippen molar-refractivity contribution in [3.8, 4) is 5.75 Å². The fourth-order valence-electron chi connectivity index (χ4n) is 3.43. The first-order valence-electron chi connectivity index (χ1n) is 9.92. The van der Waals surface area contributed by atoms with Crippen LogP contribution in [0.2, 0.25) is 5.02 Å². The molecule has 5 nitrogen and oxygen atoms in total. The van der Waals surface area contributed by atoms with Gasteiger partial charge in [0.2, 0.25) is 0 Å². The minimum atomic E-state index is -0.394. The molecule has 0 aromatic heterocycles. The minimum absolute atomic E-state index is 0.236. The standard InChI is InChI=1S/C25H21ClN2O3S/c1-15-4-13-21(16(2)14-15)28-24(29)22(27-18-7-9-19(31-3)10-8-18)23(25(28)30)32-20-11-5-17(26)6-12-20/h4-14,27H,1-3H3. The second-order valence-electron chi connectivity index (χ2n) is 7.35. The third-order valence-electron chi connectivity index (χ3n) is 5.03. The van der Waals surface area contributed by atoms with E-state index in [-0.39, 0.29) is 11.6 Å². The maximum atomic E-state index is 13.5. The highest BCUT2D eigenvalue weighted by atomic mass is 35.5. The molecule has 162 valence electrons. The lowest BCUT2D eigenvalue weighted by Crippen LogP contribution is -2.33. The van der Waals surface area contributed by atoms with Crippen molar-refractivity contribution < 1.29 is 14.3 Å². The summed E-state index contributed by atoms with van der Waals surface area (Å²) in [6, 6.07) is 20.0. The number of hydrogen-bond acceptors (Lipinski definition) is 5. The van der Waals surface area contributed by atoms with Gasteiger partial charge in [0, 0.05) is 15.6 Å². The van der Waals surface area contributed by atoms with Gasteiger partial charge in [-0.05, 0) is 74.0 Å². The van der Waals surface area contributed by atoms with E-state index in [9.17, 15) is 9.59 Å². The van der Waals surface area contributed by atoms with E-state index in [1.807, 2.05) is 38.1 Å². The summed E-state index contributed by atoms with van der Waals surface area (Å²) >= 11 is 7.24. The number of carbonyl (C=O) groups is 2. The molecule has 1 heterocycles. The lowest BCUT2D eigenvalue weighted by atomic mass is 10.1. The second-order valence-corrected chi connectivity index (χ2v) is 8.87. The van der Waals surface area contributed by atoms with Crippen LogP contribution < -0.4 is 15.0 Å². The van der Waals surface area contributed by atoms with Crippen LogP contribution in [-0.4, -0.2) is 18.9 Å². The molecule has 7 heteroatoms. The minimum Gasteiger partial charge on any atom is -0.497 e. The van der Waals surface area contributed by atoms with Crippen molar-refractivity contribution in [1.29, 1.82) is 0 Å². The molecular formula is C25H21ClN2O3S. The van der Waals surface area contributed by atoms with Gasteiger partial charge in [0.25, 0.3) is 11.8 Å². The summed E-state index contributed by atoms with van der Waals surface area (Å²) < 4.78 is 5.20. The smallest absolute Gasteiger partial charge is 0.283 e. The predicted octanol–water partition coefficient (Wildman–Crippen LogP) is 5.95. The number of hydrogen-bond donors (Lipinski definition) is 1. The molecule has 0 atom stereocenters. The molecule has 3 aromatic carbocycles. The van der Waals surface area contributed by atoms with E-state index in [1.165, 1.54) is 16.7 Å². The zero-order chi connectivity index (χ0) is 22.8.